The van der Waals surface area contributed by atoms with Crippen molar-refractivity contribution < 1.29 is 4.79 Å². The zero-order chi connectivity index (χ0) is 12.8. The van der Waals surface area contributed by atoms with E-state index >= 15 is 0 Å². The first-order valence-corrected chi connectivity index (χ1v) is 5.58. The van der Waals surface area contributed by atoms with Crippen LogP contribution in [-0.4, -0.2) is 21.7 Å². The number of hydrogen-bond donors (Lipinski definition) is 1. The van der Waals surface area contributed by atoms with Crippen LogP contribution in [0, 0.1) is 0 Å². The van der Waals surface area contributed by atoms with E-state index in [1.165, 1.54) is 0 Å². The maximum atomic E-state index is 11.6. The van der Waals surface area contributed by atoms with Crippen LogP contribution in [0.2, 0.25) is 0 Å². The van der Waals surface area contributed by atoms with Crippen molar-refractivity contribution in [2.75, 3.05) is 0 Å². The zero-order valence-electron chi connectivity index (χ0n) is 10.1. The van der Waals surface area contributed by atoms with Crippen LogP contribution >= 0.6 is 0 Å². The van der Waals surface area contributed by atoms with E-state index < -0.39 is 0 Å². The number of hydrazone groups is 1. The minimum absolute atomic E-state index is 0.142. The average molecular weight is 242 g/mol. The Hall–Kier alpha value is -2.43. The fraction of sp³-hybridized carbons (Fsp3) is 0.154. The summed E-state index contributed by atoms with van der Waals surface area (Å²) in [5.41, 5.74) is 4.28. The Kier molecular flexibility index (Phi) is 3.86. The lowest BCUT2D eigenvalue weighted by molar-refractivity contribution is -0.120. The van der Waals surface area contributed by atoms with E-state index in [0.29, 0.717) is 6.42 Å². The first-order chi connectivity index (χ1) is 8.75. The molecule has 1 N–H and O–H groups in total. The number of aryl methyl sites for hydroxylation is 1. The van der Waals surface area contributed by atoms with Gasteiger partial charge in [-0.05, 0) is 18.2 Å². The molecule has 18 heavy (non-hydrogen) atoms. The van der Waals surface area contributed by atoms with E-state index in [9.17, 15) is 4.79 Å². The average Bonchev–Trinajstić information content (AvgIpc) is 2.76. The van der Waals surface area contributed by atoms with Gasteiger partial charge in [-0.2, -0.15) is 5.10 Å². The first kappa shape index (κ1) is 12.0. The molecule has 0 atom stereocenters. The van der Waals surface area contributed by atoms with Crippen molar-refractivity contribution in [1.29, 1.82) is 0 Å². The Morgan fingerprint density at radius 1 is 1.50 bits per heavy atom. The number of pyridine rings is 1. The van der Waals surface area contributed by atoms with E-state index in [2.05, 4.69) is 15.5 Å². The quantitative estimate of drug-likeness (QED) is 0.645. The van der Waals surface area contributed by atoms with Crippen molar-refractivity contribution >= 4 is 12.1 Å². The van der Waals surface area contributed by atoms with Gasteiger partial charge < -0.3 is 4.57 Å². The summed E-state index contributed by atoms with van der Waals surface area (Å²) in [6, 6.07) is 7.49. The molecule has 0 bridgehead atoms. The smallest absolute Gasteiger partial charge is 0.245 e. The van der Waals surface area contributed by atoms with Crippen molar-refractivity contribution in [1.82, 2.24) is 15.0 Å². The minimum atomic E-state index is -0.142. The van der Waals surface area contributed by atoms with Crippen LogP contribution in [0.4, 0.5) is 0 Å². The summed E-state index contributed by atoms with van der Waals surface area (Å²) in [5, 5.41) is 3.88. The maximum Gasteiger partial charge on any atom is 0.245 e. The molecule has 0 aliphatic rings. The van der Waals surface area contributed by atoms with Crippen LogP contribution < -0.4 is 5.43 Å². The number of hydrogen-bond acceptors (Lipinski definition) is 3. The number of amides is 1. The highest BCUT2D eigenvalue weighted by molar-refractivity contribution is 5.82. The molecular weight excluding hydrogens is 228 g/mol. The molecule has 2 aromatic heterocycles. The third-order valence-electron chi connectivity index (χ3n) is 2.48. The monoisotopic (exact) mass is 242 g/mol. The fourth-order valence-electron chi connectivity index (χ4n) is 1.52. The summed E-state index contributed by atoms with van der Waals surface area (Å²) >= 11 is 0. The van der Waals surface area contributed by atoms with Gasteiger partial charge in [-0.15, -0.1) is 0 Å². The molecule has 1 amide bonds. The van der Waals surface area contributed by atoms with Crippen LogP contribution in [-0.2, 0) is 18.3 Å². The number of aromatic nitrogens is 2. The van der Waals surface area contributed by atoms with Gasteiger partial charge in [-0.1, -0.05) is 6.07 Å². The van der Waals surface area contributed by atoms with Crippen LogP contribution in [0.1, 0.15) is 11.3 Å². The molecule has 0 aliphatic carbocycles. The van der Waals surface area contributed by atoms with E-state index in [-0.39, 0.29) is 5.91 Å². The molecule has 0 saturated heterocycles. The second kappa shape index (κ2) is 5.77. The van der Waals surface area contributed by atoms with Gasteiger partial charge in [0.25, 0.3) is 0 Å². The van der Waals surface area contributed by atoms with Gasteiger partial charge in [0.05, 0.1) is 12.6 Å². The molecule has 0 spiro atoms. The van der Waals surface area contributed by atoms with Crippen LogP contribution in [0.15, 0.2) is 48.0 Å². The second-order valence-corrected chi connectivity index (χ2v) is 3.87. The van der Waals surface area contributed by atoms with Gasteiger partial charge in [-0.3, -0.25) is 9.78 Å². The van der Waals surface area contributed by atoms with Crippen molar-refractivity contribution in [3.05, 3.63) is 54.1 Å². The van der Waals surface area contributed by atoms with E-state index in [1.54, 1.807) is 18.6 Å². The molecule has 0 unspecified atom stereocenters. The predicted octanol–water partition coefficient (Wildman–Crippen LogP) is 1.11. The Morgan fingerprint density at radius 2 is 2.39 bits per heavy atom. The highest BCUT2D eigenvalue weighted by Crippen LogP contribution is 2.00. The molecule has 0 fully saturated rings. The fourth-order valence-corrected chi connectivity index (χ4v) is 1.52. The molecule has 2 rings (SSSR count). The summed E-state index contributed by atoms with van der Waals surface area (Å²) in [5.74, 6) is -0.142. The molecule has 2 heterocycles. The number of carbonyl (C=O) groups is 1. The summed E-state index contributed by atoms with van der Waals surface area (Å²) in [6.07, 6.45) is 7.14. The van der Waals surface area contributed by atoms with Gasteiger partial charge in [0, 0.05) is 36.9 Å². The molecule has 5 nitrogen and oxygen atoms in total. The SMILES string of the molecule is Cn1cccc1CC(=O)NN=Cc1cccnc1. The number of nitrogens with one attached hydrogen (secondary N) is 1. The Balaban J connectivity index is 1.86. The lowest BCUT2D eigenvalue weighted by Gasteiger charge is -2.01. The van der Waals surface area contributed by atoms with Crippen molar-refractivity contribution in [2.24, 2.45) is 12.1 Å². The molecule has 0 radical (unpaired) electrons. The lowest BCUT2D eigenvalue weighted by Crippen LogP contribution is -2.20. The largest absolute Gasteiger partial charge is 0.354 e. The van der Waals surface area contributed by atoms with Gasteiger partial charge in [0.15, 0.2) is 0 Å². The topological polar surface area (TPSA) is 59.3 Å². The summed E-state index contributed by atoms with van der Waals surface area (Å²) in [7, 11) is 1.90. The molecule has 0 aliphatic heterocycles. The zero-order valence-corrected chi connectivity index (χ0v) is 10.1. The molecular formula is C13H14N4O. The van der Waals surface area contributed by atoms with Crippen LogP contribution in [0.25, 0.3) is 0 Å². The van der Waals surface area contributed by atoms with Crippen molar-refractivity contribution in [2.45, 2.75) is 6.42 Å². The predicted molar refractivity (Wildman–Crippen MR) is 69.1 cm³/mol. The standard InChI is InChI=1S/C13H14N4O/c1-17-7-3-5-12(17)8-13(18)16-15-10-11-4-2-6-14-9-11/h2-7,9-10H,8H2,1H3,(H,16,18). The second-order valence-electron chi connectivity index (χ2n) is 3.87. The van der Waals surface area contributed by atoms with E-state index in [4.69, 9.17) is 0 Å². The summed E-state index contributed by atoms with van der Waals surface area (Å²) in [6.45, 7) is 0. The molecule has 5 heteroatoms. The summed E-state index contributed by atoms with van der Waals surface area (Å²) < 4.78 is 1.91. The molecule has 0 saturated carbocycles. The minimum Gasteiger partial charge on any atom is -0.354 e. The highest BCUT2D eigenvalue weighted by atomic mass is 16.2. The van der Waals surface area contributed by atoms with Gasteiger partial charge in [0.2, 0.25) is 5.91 Å². The molecule has 0 aromatic carbocycles. The van der Waals surface area contributed by atoms with Crippen molar-refractivity contribution in [3.63, 3.8) is 0 Å². The Morgan fingerprint density at radius 3 is 3.06 bits per heavy atom. The van der Waals surface area contributed by atoms with Crippen LogP contribution in [0.5, 0.6) is 0 Å². The summed E-state index contributed by atoms with van der Waals surface area (Å²) in [4.78, 5) is 15.5. The number of nitrogens with zero attached hydrogens (tertiary/aromatic N) is 3. The van der Waals surface area contributed by atoms with E-state index in [0.717, 1.165) is 11.3 Å². The normalized spacial score (nSPS) is 10.7. The lowest BCUT2D eigenvalue weighted by atomic mass is 10.3. The third kappa shape index (κ3) is 3.28. The third-order valence-corrected chi connectivity index (χ3v) is 2.48. The van der Waals surface area contributed by atoms with Gasteiger partial charge in [0.1, 0.15) is 0 Å². The van der Waals surface area contributed by atoms with Gasteiger partial charge in [-0.25, -0.2) is 5.43 Å². The Bertz CT molecular complexity index is 545. The van der Waals surface area contributed by atoms with E-state index in [1.807, 2.05) is 42.1 Å². The molecule has 2 aromatic rings. The number of carbonyl (C=O) groups excluding carboxylic acids is 1. The van der Waals surface area contributed by atoms with Gasteiger partial charge >= 0.3 is 0 Å². The van der Waals surface area contributed by atoms with Crippen molar-refractivity contribution in [3.8, 4) is 0 Å². The first-order valence-electron chi connectivity index (χ1n) is 5.58. The maximum absolute atomic E-state index is 11.6. The molecule has 92 valence electrons. The highest BCUT2D eigenvalue weighted by Gasteiger charge is 2.04. The number of rotatable bonds is 4. The Labute approximate surface area is 105 Å². The van der Waals surface area contributed by atoms with Crippen LogP contribution in [0.3, 0.4) is 0 Å².